The number of furan rings is 1. The van der Waals surface area contributed by atoms with Gasteiger partial charge in [0, 0.05) is 5.39 Å². The maximum absolute atomic E-state index is 9.52. The minimum Gasteiger partial charge on any atom is -0.504 e. The quantitative estimate of drug-likeness (QED) is 0.753. The van der Waals surface area contributed by atoms with Crippen molar-refractivity contribution >= 4 is 11.0 Å². The summed E-state index contributed by atoms with van der Waals surface area (Å²) in [5.74, 6) is 0. The van der Waals surface area contributed by atoms with Crippen molar-refractivity contribution in [2.24, 2.45) is 0 Å². The summed E-state index contributed by atoms with van der Waals surface area (Å²) in [6.45, 7) is 0. The van der Waals surface area contributed by atoms with Crippen LogP contribution in [-0.4, -0.2) is 7.11 Å². The topological polar surface area (TPSA) is 46.2 Å². The molecule has 18 heavy (non-hydrogen) atoms. The van der Waals surface area contributed by atoms with Gasteiger partial charge in [0.1, 0.15) is 5.58 Å². The molecule has 3 nitrogen and oxygen atoms in total. The highest BCUT2D eigenvalue weighted by Gasteiger charge is 2.44. The lowest BCUT2D eigenvalue weighted by atomic mass is 9.62. The maximum Gasteiger partial charge on any atom is 0.134 e. The molecule has 90 valence electrons. The summed E-state index contributed by atoms with van der Waals surface area (Å²) in [6, 6.07) is 10.3. The van der Waals surface area contributed by atoms with E-state index in [0.29, 0.717) is 0 Å². The Balaban J connectivity index is 2.07. The van der Waals surface area contributed by atoms with Crippen molar-refractivity contribution in [1.29, 1.82) is 5.26 Å². The molecule has 0 spiro atoms. The van der Waals surface area contributed by atoms with Gasteiger partial charge in [-0.15, -0.1) is 0 Å². The van der Waals surface area contributed by atoms with Gasteiger partial charge in [0.25, 0.3) is 0 Å². The second-order valence-corrected chi connectivity index (χ2v) is 4.70. The number of hydrogen-bond acceptors (Lipinski definition) is 3. The number of nitrogens with zero attached hydrogens (tertiary/aromatic N) is 1. The molecule has 1 fully saturated rings. The molecule has 0 amide bonds. The van der Waals surface area contributed by atoms with Crippen LogP contribution in [0.3, 0.4) is 0 Å². The van der Waals surface area contributed by atoms with Crippen molar-refractivity contribution in [2.45, 2.75) is 18.3 Å². The van der Waals surface area contributed by atoms with Gasteiger partial charge in [-0.25, -0.2) is 0 Å². The molecule has 0 unspecified atom stereocenters. The largest absolute Gasteiger partial charge is 0.504 e. The Labute approximate surface area is 105 Å². The van der Waals surface area contributed by atoms with Crippen molar-refractivity contribution in [1.82, 2.24) is 0 Å². The molecule has 1 aliphatic carbocycles. The fourth-order valence-corrected chi connectivity index (χ4v) is 2.71. The van der Waals surface area contributed by atoms with E-state index in [4.69, 9.17) is 9.15 Å². The minimum atomic E-state index is -0.423. The van der Waals surface area contributed by atoms with Gasteiger partial charge >= 0.3 is 0 Å². The number of nitriles is 1. The van der Waals surface area contributed by atoms with Crippen molar-refractivity contribution in [3.63, 3.8) is 0 Å². The third-order valence-corrected chi connectivity index (χ3v) is 3.57. The molecule has 0 aliphatic heterocycles. The Kier molecular flexibility index (Phi) is 2.38. The third kappa shape index (κ3) is 1.42. The molecule has 1 heterocycles. The van der Waals surface area contributed by atoms with Crippen LogP contribution in [0.15, 0.2) is 46.8 Å². The Hall–Kier alpha value is -2.21. The molecule has 2 aromatic rings. The molecule has 1 aromatic heterocycles. The van der Waals surface area contributed by atoms with E-state index in [1.165, 1.54) is 5.57 Å². The number of rotatable bonds is 2. The molecule has 0 saturated heterocycles. The average molecular weight is 239 g/mol. The van der Waals surface area contributed by atoms with Crippen LogP contribution in [0.25, 0.3) is 11.0 Å². The molecule has 3 rings (SSSR count). The standard InChI is InChI=1S/C15H13NO2/c1-17-9-11-7-15(8-11,10-16)13-3-2-4-14-12(13)5-6-18-14/h2-6,9H,7-8H2,1H3. The predicted molar refractivity (Wildman–Crippen MR) is 67.8 cm³/mol. The molecule has 1 aliphatic rings. The SMILES string of the molecule is COC=C1CC(C#N)(c2cccc3occc23)C1. The second-order valence-electron chi connectivity index (χ2n) is 4.70. The average Bonchev–Trinajstić information content (AvgIpc) is 2.81. The molecule has 0 atom stereocenters. The molecule has 1 saturated carbocycles. The smallest absolute Gasteiger partial charge is 0.134 e. The summed E-state index contributed by atoms with van der Waals surface area (Å²) in [7, 11) is 1.64. The highest BCUT2D eigenvalue weighted by Crippen LogP contribution is 2.49. The van der Waals surface area contributed by atoms with E-state index < -0.39 is 5.41 Å². The lowest BCUT2D eigenvalue weighted by Crippen LogP contribution is -2.34. The highest BCUT2D eigenvalue weighted by atomic mass is 16.5. The van der Waals surface area contributed by atoms with Crippen LogP contribution in [0.4, 0.5) is 0 Å². The first-order valence-electron chi connectivity index (χ1n) is 5.88. The zero-order chi connectivity index (χ0) is 12.6. The van der Waals surface area contributed by atoms with Crippen molar-refractivity contribution in [3.8, 4) is 6.07 Å². The number of allylic oxidation sites excluding steroid dienone is 1. The molecule has 0 N–H and O–H groups in total. The van der Waals surface area contributed by atoms with Gasteiger partial charge in [-0.1, -0.05) is 12.1 Å². The van der Waals surface area contributed by atoms with E-state index in [0.717, 1.165) is 29.4 Å². The van der Waals surface area contributed by atoms with Crippen LogP contribution in [0, 0.1) is 11.3 Å². The van der Waals surface area contributed by atoms with Crippen LogP contribution in [-0.2, 0) is 10.2 Å². The summed E-state index contributed by atoms with van der Waals surface area (Å²) in [5, 5.41) is 10.6. The molecular formula is C15H13NO2. The number of methoxy groups -OCH3 is 1. The Morgan fingerprint density at radius 1 is 1.39 bits per heavy atom. The van der Waals surface area contributed by atoms with Crippen LogP contribution < -0.4 is 0 Å². The van der Waals surface area contributed by atoms with Gasteiger partial charge in [-0.2, -0.15) is 5.26 Å². The monoisotopic (exact) mass is 239 g/mol. The third-order valence-electron chi connectivity index (χ3n) is 3.57. The Bertz CT molecular complexity index is 652. The molecule has 0 bridgehead atoms. The van der Waals surface area contributed by atoms with Crippen LogP contribution in [0.1, 0.15) is 18.4 Å². The van der Waals surface area contributed by atoms with Gasteiger partial charge in [0.2, 0.25) is 0 Å². The number of hydrogen-bond donors (Lipinski definition) is 0. The van der Waals surface area contributed by atoms with E-state index in [1.54, 1.807) is 19.6 Å². The van der Waals surface area contributed by atoms with E-state index in [2.05, 4.69) is 6.07 Å². The van der Waals surface area contributed by atoms with E-state index in [9.17, 15) is 5.26 Å². The lowest BCUT2D eigenvalue weighted by molar-refractivity contribution is 0.311. The molecule has 0 radical (unpaired) electrons. The van der Waals surface area contributed by atoms with Crippen LogP contribution >= 0.6 is 0 Å². The van der Waals surface area contributed by atoms with Gasteiger partial charge < -0.3 is 9.15 Å². The summed E-state index contributed by atoms with van der Waals surface area (Å²) >= 11 is 0. The van der Waals surface area contributed by atoms with Gasteiger partial charge in [-0.3, -0.25) is 0 Å². The summed E-state index contributed by atoms with van der Waals surface area (Å²) in [5.41, 5.74) is 2.66. The summed E-state index contributed by atoms with van der Waals surface area (Å²) in [4.78, 5) is 0. The molecular weight excluding hydrogens is 226 g/mol. The number of ether oxygens (including phenoxy) is 1. The second kappa shape index (κ2) is 3.92. The summed E-state index contributed by atoms with van der Waals surface area (Å²) < 4.78 is 10.4. The van der Waals surface area contributed by atoms with E-state index in [-0.39, 0.29) is 0 Å². The maximum atomic E-state index is 9.52. The summed E-state index contributed by atoms with van der Waals surface area (Å²) in [6.07, 6.45) is 4.89. The van der Waals surface area contributed by atoms with Crippen molar-refractivity contribution in [3.05, 3.63) is 47.9 Å². The zero-order valence-electron chi connectivity index (χ0n) is 10.1. The van der Waals surface area contributed by atoms with E-state index >= 15 is 0 Å². The Morgan fingerprint density at radius 2 is 2.22 bits per heavy atom. The zero-order valence-corrected chi connectivity index (χ0v) is 10.1. The normalized spacial score (nSPS) is 22.3. The fraction of sp³-hybridized carbons (Fsp3) is 0.267. The van der Waals surface area contributed by atoms with Crippen molar-refractivity contribution < 1.29 is 9.15 Å². The van der Waals surface area contributed by atoms with Gasteiger partial charge in [-0.05, 0) is 36.1 Å². The number of benzene rings is 1. The predicted octanol–water partition coefficient (Wildman–Crippen LogP) is 3.52. The van der Waals surface area contributed by atoms with Gasteiger partial charge in [0.05, 0.1) is 31.1 Å². The molecule has 3 heteroatoms. The molecule has 1 aromatic carbocycles. The highest BCUT2D eigenvalue weighted by molar-refractivity contribution is 5.83. The van der Waals surface area contributed by atoms with E-state index in [1.807, 2.05) is 24.3 Å². The lowest BCUT2D eigenvalue weighted by Gasteiger charge is -2.38. The first-order valence-corrected chi connectivity index (χ1v) is 5.88. The van der Waals surface area contributed by atoms with Crippen molar-refractivity contribution in [2.75, 3.05) is 7.11 Å². The minimum absolute atomic E-state index is 0.423. The first kappa shape index (κ1) is 10.9. The fourth-order valence-electron chi connectivity index (χ4n) is 2.71. The first-order chi connectivity index (χ1) is 8.79. The number of fused-ring (bicyclic) bond motifs is 1. The van der Waals surface area contributed by atoms with Crippen LogP contribution in [0.5, 0.6) is 0 Å². The van der Waals surface area contributed by atoms with Crippen LogP contribution in [0.2, 0.25) is 0 Å². The van der Waals surface area contributed by atoms with Gasteiger partial charge in [0.15, 0.2) is 0 Å². The Morgan fingerprint density at radius 3 is 2.94 bits per heavy atom.